The number of nitrogens with zero attached hydrogens (tertiary/aromatic N) is 1. The van der Waals surface area contributed by atoms with Crippen LogP contribution in [0.3, 0.4) is 0 Å². The highest BCUT2D eigenvalue weighted by Gasteiger charge is 2.70. The lowest BCUT2D eigenvalue weighted by Crippen LogP contribution is -2.46. The summed E-state index contributed by atoms with van der Waals surface area (Å²) in [4.78, 5) is 14.3. The van der Waals surface area contributed by atoms with Gasteiger partial charge in [0, 0.05) is 17.9 Å². The monoisotopic (exact) mass is 463 g/mol. The zero-order chi connectivity index (χ0) is 24.0. The Bertz CT molecular complexity index is 1240. The summed E-state index contributed by atoms with van der Waals surface area (Å²) >= 11 is 0. The van der Waals surface area contributed by atoms with Gasteiger partial charge in [-0.25, -0.2) is 0 Å². The van der Waals surface area contributed by atoms with E-state index >= 15 is 0 Å². The van der Waals surface area contributed by atoms with Crippen LogP contribution < -0.4 is 9.47 Å². The van der Waals surface area contributed by atoms with Gasteiger partial charge in [0.15, 0.2) is 11.4 Å². The number of aliphatic hydroxyl groups is 1. The van der Waals surface area contributed by atoms with Crippen LogP contribution in [0.1, 0.15) is 40.5 Å². The molecule has 1 N–H and O–H groups in total. The fourth-order valence-electron chi connectivity index (χ4n) is 7.69. The maximum absolute atomic E-state index is 14.3. The molecule has 1 aromatic heterocycles. The first-order valence-electron chi connectivity index (χ1n) is 12.4. The van der Waals surface area contributed by atoms with Crippen LogP contribution in [0.5, 0.6) is 11.6 Å². The third kappa shape index (κ3) is 2.78. The van der Waals surface area contributed by atoms with E-state index in [0.29, 0.717) is 41.3 Å². The fraction of sp³-hybridized carbons (Fsp3) is 0.571. The van der Waals surface area contributed by atoms with Crippen LogP contribution in [-0.2, 0) is 4.79 Å². The molecular weight excluding hydrogens is 430 g/mol. The van der Waals surface area contributed by atoms with E-state index in [9.17, 15) is 9.90 Å². The maximum atomic E-state index is 14.3. The molecule has 0 aliphatic heterocycles. The number of ether oxygens (including phenoxy) is 2. The van der Waals surface area contributed by atoms with Crippen molar-refractivity contribution in [3.63, 3.8) is 0 Å². The number of allylic oxidation sites excluding steroid dienone is 2. The molecule has 0 saturated heterocycles. The molecule has 4 aliphatic carbocycles. The summed E-state index contributed by atoms with van der Waals surface area (Å²) in [5.41, 5.74) is 2.19. The van der Waals surface area contributed by atoms with Gasteiger partial charge < -0.3 is 19.1 Å². The number of rotatable bonds is 4. The summed E-state index contributed by atoms with van der Waals surface area (Å²) < 4.78 is 17.4. The Kier molecular flexibility index (Phi) is 4.64. The minimum Gasteiger partial charge on any atom is -0.497 e. The Balaban J connectivity index is 1.41. The number of Topliss-reactive ketones (excluding diaryl/α,β-unsaturated/α-hetero) is 1. The average Bonchev–Trinajstić information content (AvgIpc) is 3.09. The van der Waals surface area contributed by atoms with Crippen molar-refractivity contribution in [3.05, 3.63) is 41.5 Å². The van der Waals surface area contributed by atoms with Gasteiger partial charge in [-0.3, -0.25) is 4.79 Å². The van der Waals surface area contributed by atoms with Crippen LogP contribution in [0.4, 0.5) is 0 Å². The highest BCUT2D eigenvalue weighted by Crippen LogP contribution is 2.71. The first-order chi connectivity index (χ1) is 16.2. The van der Waals surface area contributed by atoms with Crippen LogP contribution >= 0.6 is 0 Å². The highest BCUT2D eigenvalue weighted by atomic mass is 16.5. The van der Waals surface area contributed by atoms with Gasteiger partial charge in [-0.2, -0.15) is 0 Å². The van der Waals surface area contributed by atoms with Crippen molar-refractivity contribution in [3.8, 4) is 11.6 Å². The summed E-state index contributed by atoms with van der Waals surface area (Å²) in [5.74, 6) is 2.31. The molecule has 6 rings (SSSR count). The maximum Gasteiger partial charge on any atom is 0.262 e. The molecule has 34 heavy (non-hydrogen) atoms. The Morgan fingerprint density at radius 2 is 2.06 bits per heavy atom. The minimum absolute atomic E-state index is 0.0268. The van der Waals surface area contributed by atoms with E-state index in [2.05, 4.69) is 45.0 Å². The van der Waals surface area contributed by atoms with Crippen molar-refractivity contribution in [2.45, 2.75) is 46.6 Å². The van der Waals surface area contributed by atoms with Crippen LogP contribution in [0.2, 0.25) is 0 Å². The largest absolute Gasteiger partial charge is 0.497 e. The molecule has 1 aromatic carbocycles. The van der Waals surface area contributed by atoms with Gasteiger partial charge >= 0.3 is 0 Å². The Morgan fingerprint density at radius 1 is 1.26 bits per heavy atom. The molecule has 7 atom stereocenters. The third-order valence-electron chi connectivity index (χ3n) is 9.56. The third-order valence-corrected chi connectivity index (χ3v) is 9.56. The van der Waals surface area contributed by atoms with Crippen LogP contribution in [0.15, 0.2) is 46.0 Å². The van der Waals surface area contributed by atoms with Crippen molar-refractivity contribution >= 4 is 16.8 Å². The number of aliphatic hydroxyl groups excluding tert-OH is 1. The molecule has 2 fully saturated rings. The van der Waals surface area contributed by atoms with Crippen LogP contribution in [-0.4, -0.2) is 35.9 Å². The van der Waals surface area contributed by atoms with E-state index in [-0.39, 0.29) is 35.9 Å². The topological polar surface area (TPSA) is 81.8 Å². The van der Waals surface area contributed by atoms with E-state index in [1.165, 1.54) is 0 Å². The number of ketones is 1. The summed E-state index contributed by atoms with van der Waals surface area (Å²) in [6, 6.07) is 5.54. The van der Waals surface area contributed by atoms with Crippen molar-refractivity contribution < 1.29 is 23.9 Å². The Labute approximate surface area is 200 Å². The highest BCUT2D eigenvalue weighted by molar-refractivity contribution is 5.93. The van der Waals surface area contributed by atoms with E-state index < -0.39 is 5.41 Å². The van der Waals surface area contributed by atoms with Crippen LogP contribution in [0, 0.1) is 40.4 Å². The second-order valence-corrected chi connectivity index (χ2v) is 11.5. The first kappa shape index (κ1) is 21.9. The Hall–Kier alpha value is -2.60. The number of fused-ring (bicyclic) bond motifs is 4. The second kappa shape index (κ2) is 7.20. The predicted molar refractivity (Wildman–Crippen MR) is 127 cm³/mol. The number of carbonyl (C=O) groups is 1. The molecule has 6 heteroatoms. The molecule has 6 unspecified atom stereocenters. The standard InChI is InChI=1S/C28H33NO5/c1-14-12-28-15(2)8-20-23(27(20,3)4)19(25(28)31)9-16(13-30)10-21(28)24(14)33-26-18-7-6-17(32-5)11-22(18)34-29-26/h6-7,9,11-12,15,19-21,23-24,30H,8,10,13H2,1-5H3/t15-,19?,20?,21?,23?,24?,28?/m1/s1. The lowest BCUT2D eigenvalue weighted by Gasteiger charge is -2.40. The van der Waals surface area contributed by atoms with E-state index in [1.807, 2.05) is 12.1 Å². The molecule has 0 amide bonds. The fourth-order valence-corrected chi connectivity index (χ4v) is 7.69. The van der Waals surface area contributed by atoms with Crippen molar-refractivity contribution in [1.82, 2.24) is 5.16 Å². The molecule has 1 heterocycles. The second-order valence-electron chi connectivity index (χ2n) is 11.5. The molecule has 4 aliphatic rings. The van der Waals surface area contributed by atoms with Gasteiger partial charge in [-0.1, -0.05) is 32.9 Å². The van der Waals surface area contributed by atoms with Crippen molar-refractivity contribution in [1.29, 1.82) is 0 Å². The smallest absolute Gasteiger partial charge is 0.262 e. The number of benzene rings is 1. The van der Waals surface area contributed by atoms with Gasteiger partial charge in [-0.15, -0.1) is 0 Å². The number of carbonyl (C=O) groups excluding carboxylic acids is 1. The zero-order valence-corrected chi connectivity index (χ0v) is 20.5. The number of hydrogen-bond donors (Lipinski definition) is 1. The van der Waals surface area contributed by atoms with Gasteiger partial charge in [0.25, 0.3) is 5.88 Å². The predicted octanol–water partition coefficient (Wildman–Crippen LogP) is 4.97. The molecule has 2 aromatic rings. The molecule has 0 radical (unpaired) electrons. The quantitative estimate of drug-likeness (QED) is 0.645. The molecule has 2 bridgehead atoms. The van der Waals surface area contributed by atoms with Crippen molar-refractivity contribution in [2.75, 3.05) is 13.7 Å². The minimum atomic E-state index is -0.584. The van der Waals surface area contributed by atoms with E-state index in [1.54, 1.807) is 13.2 Å². The van der Waals surface area contributed by atoms with E-state index in [4.69, 9.17) is 14.0 Å². The number of methoxy groups -OCH3 is 1. The van der Waals surface area contributed by atoms with Gasteiger partial charge in [0.1, 0.15) is 11.9 Å². The SMILES string of the molecule is COc1ccc2c(OC3C(C)=CC45C(=O)C(C=C(CO)CC34)C3C(C[C@H]5C)C3(C)C)noc2c1. The Morgan fingerprint density at radius 3 is 2.79 bits per heavy atom. The lowest BCUT2D eigenvalue weighted by atomic mass is 9.62. The molecule has 2 saturated carbocycles. The summed E-state index contributed by atoms with van der Waals surface area (Å²) in [6.45, 7) is 8.86. The zero-order valence-electron chi connectivity index (χ0n) is 20.5. The van der Waals surface area contributed by atoms with Gasteiger partial charge in [0.2, 0.25) is 0 Å². The lowest BCUT2D eigenvalue weighted by molar-refractivity contribution is -0.135. The normalized spacial score (nSPS) is 37.8. The molecule has 1 spiro atoms. The van der Waals surface area contributed by atoms with Gasteiger partial charge in [0.05, 0.1) is 24.5 Å². The van der Waals surface area contributed by atoms with Crippen LogP contribution in [0.25, 0.3) is 11.0 Å². The number of aromatic nitrogens is 1. The summed E-state index contributed by atoms with van der Waals surface area (Å²) in [5, 5.41) is 15.2. The molecular formula is C28H33NO5. The number of hydrogen-bond acceptors (Lipinski definition) is 6. The molecule has 6 nitrogen and oxygen atoms in total. The summed E-state index contributed by atoms with van der Waals surface area (Å²) in [7, 11) is 1.61. The molecule has 180 valence electrons. The van der Waals surface area contributed by atoms with E-state index in [0.717, 1.165) is 23.0 Å². The first-order valence-corrected chi connectivity index (χ1v) is 12.4. The summed E-state index contributed by atoms with van der Waals surface area (Å²) in [6.07, 6.45) is 5.69. The van der Waals surface area contributed by atoms with Crippen molar-refractivity contribution in [2.24, 2.45) is 40.4 Å². The van der Waals surface area contributed by atoms with Gasteiger partial charge in [-0.05, 0) is 71.4 Å². The average molecular weight is 464 g/mol.